The van der Waals surface area contributed by atoms with Crippen LogP contribution in [0.4, 0.5) is 17.2 Å². The third-order valence-corrected chi connectivity index (χ3v) is 5.47. The molecular weight excluding hydrogens is 366 g/mol. The molecule has 1 saturated heterocycles. The highest BCUT2D eigenvalue weighted by Crippen LogP contribution is 2.36. The van der Waals surface area contributed by atoms with Crippen LogP contribution in [0.3, 0.4) is 0 Å². The molecule has 1 aromatic heterocycles. The molecule has 1 N–H and O–H groups in total. The zero-order valence-corrected chi connectivity index (χ0v) is 17.0. The minimum atomic E-state index is -0.228. The van der Waals surface area contributed by atoms with Gasteiger partial charge >= 0.3 is 0 Å². The Morgan fingerprint density at radius 3 is 2.90 bits per heavy atom. The number of nitrogens with one attached hydrogen (secondary N) is 1. The molecule has 0 saturated carbocycles. The van der Waals surface area contributed by atoms with Crippen molar-refractivity contribution in [2.45, 2.75) is 12.8 Å². The molecule has 1 atom stereocenters. The second kappa shape index (κ2) is 8.31. The van der Waals surface area contributed by atoms with E-state index in [1.165, 1.54) is 6.42 Å². The monoisotopic (exact) mass is 393 g/mol. The molecule has 1 fully saturated rings. The summed E-state index contributed by atoms with van der Waals surface area (Å²) in [5.74, 6) is 0.739. The van der Waals surface area contributed by atoms with E-state index in [4.69, 9.17) is 0 Å². The zero-order chi connectivity index (χ0) is 20.4. The number of aromatic nitrogens is 1. The van der Waals surface area contributed by atoms with Gasteiger partial charge in [0.05, 0.1) is 23.5 Å². The van der Waals surface area contributed by atoms with Gasteiger partial charge in [-0.3, -0.25) is 19.4 Å². The van der Waals surface area contributed by atoms with Crippen LogP contribution in [-0.4, -0.2) is 66.9 Å². The van der Waals surface area contributed by atoms with Crippen molar-refractivity contribution in [1.29, 1.82) is 0 Å². The molecule has 3 heterocycles. The van der Waals surface area contributed by atoms with E-state index < -0.39 is 0 Å². The van der Waals surface area contributed by atoms with Gasteiger partial charge in [0.15, 0.2) is 5.82 Å². The molecule has 2 aliphatic rings. The zero-order valence-electron chi connectivity index (χ0n) is 17.0. The van der Waals surface area contributed by atoms with Crippen LogP contribution in [0.2, 0.25) is 0 Å². The summed E-state index contributed by atoms with van der Waals surface area (Å²) in [6.07, 6.45) is 3.93. The van der Waals surface area contributed by atoms with Crippen LogP contribution in [-0.2, 0) is 4.79 Å². The molecule has 0 spiro atoms. The van der Waals surface area contributed by atoms with Crippen molar-refractivity contribution in [3.63, 3.8) is 0 Å². The minimum Gasteiger partial charge on any atom is -0.319 e. The SMILES string of the molecule is CN(C)CC1CCCN(CC(=O)N2c3ccccc3C(=O)Nc3cccnc32)C1. The van der Waals surface area contributed by atoms with E-state index in [0.29, 0.717) is 35.2 Å². The minimum absolute atomic E-state index is 0.0700. The summed E-state index contributed by atoms with van der Waals surface area (Å²) in [4.78, 5) is 36.6. The molecule has 4 rings (SSSR count). The van der Waals surface area contributed by atoms with E-state index in [-0.39, 0.29) is 11.8 Å². The molecule has 152 valence electrons. The van der Waals surface area contributed by atoms with E-state index in [0.717, 1.165) is 26.1 Å². The van der Waals surface area contributed by atoms with Gasteiger partial charge in [-0.2, -0.15) is 0 Å². The van der Waals surface area contributed by atoms with Gasteiger partial charge in [-0.15, -0.1) is 0 Å². The Labute approximate surface area is 171 Å². The number of carbonyl (C=O) groups excluding carboxylic acids is 2. The van der Waals surface area contributed by atoms with Crippen LogP contribution in [0.1, 0.15) is 23.2 Å². The molecule has 2 amide bonds. The molecule has 7 heteroatoms. The standard InChI is InChI=1S/C22H27N5O2/c1-25(2)13-16-7-6-12-26(14-16)15-20(28)27-19-10-4-3-8-17(19)22(29)24-18-9-5-11-23-21(18)27/h3-5,8-11,16H,6-7,12-15H2,1-2H3,(H,24,29). The highest BCUT2D eigenvalue weighted by atomic mass is 16.2. The Morgan fingerprint density at radius 2 is 2.07 bits per heavy atom. The summed E-state index contributed by atoms with van der Waals surface area (Å²) in [7, 11) is 4.18. The van der Waals surface area contributed by atoms with Crippen molar-refractivity contribution < 1.29 is 9.59 Å². The highest BCUT2D eigenvalue weighted by molar-refractivity contribution is 6.17. The molecule has 2 aliphatic heterocycles. The van der Waals surface area contributed by atoms with Crippen LogP contribution in [0.25, 0.3) is 0 Å². The van der Waals surface area contributed by atoms with E-state index in [1.54, 1.807) is 35.4 Å². The smallest absolute Gasteiger partial charge is 0.257 e. The lowest BCUT2D eigenvalue weighted by Gasteiger charge is -2.34. The van der Waals surface area contributed by atoms with Gasteiger partial charge in [0.25, 0.3) is 5.91 Å². The number of anilines is 3. The fourth-order valence-electron chi connectivity index (χ4n) is 4.31. The number of fused-ring (bicyclic) bond motifs is 2. The predicted octanol–water partition coefficient (Wildman–Crippen LogP) is 2.59. The van der Waals surface area contributed by atoms with E-state index >= 15 is 0 Å². The van der Waals surface area contributed by atoms with Gasteiger partial charge < -0.3 is 10.2 Å². The van der Waals surface area contributed by atoms with Crippen molar-refractivity contribution >= 4 is 29.0 Å². The third kappa shape index (κ3) is 4.16. The average Bonchev–Trinajstić information content (AvgIpc) is 2.82. The molecule has 1 unspecified atom stereocenters. The van der Waals surface area contributed by atoms with Crippen molar-refractivity contribution in [1.82, 2.24) is 14.8 Å². The number of pyridine rings is 1. The summed E-state index contributed by atoms with van der Waals surface area (Å²) >= 11 is 0. The lowest BCUT2D eigenvalue weighted by molar-refractivity contribution is -0.119. The van der Waals surface area contributed by atoms with Gasteiger partial charge in [-0.05, 0) is 63.7 Å². The summed E-state index contributed by atoms with van der Waals surface area (Å²) < 4.78 is 0. The Kier molecular flexibility index (Phi) is 5.60. The summed E-state index contributed by atoms with van der Waals surface area (Å²) in [5.41, 5.74) is 1.60. The van der Waals surface area contributed by atoms with Crippen molar-refractivity contribution in [2.24, 2.45) is 5.92 Å². The van der Waals surface area contributed by atoms with Crippen molar-refractivity contribution in [3.05, 3.63) is 48.2 Å². The average molecular weight is 393 g/mol. The van der Waals surface area contributed by atoms with Gasteiger partial charge in [-0.25, -0.2) is 4.98 Å². The van der Waals surface area contributed by atoms with Crippen molar-refractivity contribution in [3.8, 4) is 0 Å². The number of rotatable bonds is 4. The van der Waals surface area contributed by atoms with Gasteiger partial charge in [0.1, 0.15) is 0 Å². The molecule has 1 aromatic carbocycles. The maximum Gasteiger partial charge on any atom is 0.257 e. The van der Waals surface area contributed by atoms with Crippen LogP contribution >= 0.6 is 0 Å². The second-order valence-corrected chi connectivity index (χ2v) is 8.08. The fourth-order valence-corrected chi connectivity index (χ4v) is 4.31. The Bertz CT molecular complexity index is 914. The van der Waals surface area contributed by atoms with Crippen LogP contribution in [0.15, 0.2) is 42.6 Å². The molecule has 29 heavy (non-hydrogen) atoms. The quantitative estimate of drug-likeness (QED) is 0.865. The Balaban J connectivity index is 1.62. The lowest BCUT2D eigenvalue weighted by atomic mass is 9.97. The number of carbonyl (C=O) groups is 2. The van der Waals surface area contributed by atoms with E-state index in [1.807, 2.05) is 12.1 Å². The summed E-state index contributed by atoms with van der Waals surface area (Å²) in [6.45, 7) is 3.16. The summed E-state index contributed by atoms with van der Waals surface area (Å²) in [6, 6.07) is 10.7. The molecule has 0 aliphatic carbocycles. The Morgan fingerprint density at radius 1 is 1.24 bits per heavy atom. The fraction of sp³-hybridized carbons (Fsp3) is 0.409. The normalized spacial score (nSPS) is 19.3. The number of nitrogens with zero attached hydrogens (tertiary/aromatic N) is 4. The highest BCUT2D eigenvalue weighted by Gasteiger charge is 2.32. The van der Waals surface area contributed by atoms with Gasteiger partial charge in [0, 0.05) is 19.3 Å². The number of benzene rings is 1. The maximum atomic E-state index is 13.5. The molecule has 0 radical (unpaired) electrons. The van der Waals surface area contributed by atoms with Crippen molar-refractivity contribution in [2.75, 3.05) is 50.5 Å². The second-order valence-electron chi connectivity index (χ2n) is 8.08. The number of hydrogen-bond acceptors (Lipinski definition) is 5. The van der Waals surface area contributed by atoms with Crippen LogP contribution < -0.4 is 10.2 Å². The van der Waals surface area contributed by atoms with Crippen LogP contribution in [0.5, 0.6) is 0 Å². The largest absolute Gasteiger partial charge is 0.319 e. The van der Waals surface area contributed by atoms with Gasteiger partial charge in [0.2, 0.25) is 5.91 Å². The van der Waals surface area contributed by atoms with Gasteiger partial charge in [-0.1, -0.05) is 12.1 Å². The number of para-hydroxylation sites is 1. The lowest BCUT2D eigenvalue weighted by Crippen LogP contribution is -2.45. The van der Waals surface area contributed by atoms with E-state index in [9.17, 15) is 9.59 Å². The van der Waals surface area contributed by atoms with E-state index in [2.05, 4.69) is 34.2 Å². The molecule has 0 bridgehead atoms. The first-order valence-electron chi connectivity index (χ1n) is 10.1. The maximum absolute atomic E-state index is 13.5. The summed E-state index contributed by atoms with van der Waals surface area (Å²) in [5, 5.41) is 2.88. The number of likely N-dealkylation sites (tertiary alicyclic amines) is 1. The number of piperidine rings is 1. The molecule has 2 aromatic rings. The number of hydrogen-bond donors (Lipinski definition) is 1. The number of amides is 2. The third-order valence-electron chi connectivity index (χ3n) is 5.47. The Hall–Kier alpha value is -2.77. The first-order chi connectivity index (χ1) is 14.0. The first kappa shape index (κ1) is 19.5. The molecular formula is C22H27N5O2. The topological polar surface area (TPSA) is 68.8 Å². The predicted molar refractivity (Wildman–Crippen MR) is 113 cm³/mol. The van der Waals surface area contributed by atoms with Crippen LogP contribution in [0, 0.1) is 5.92 Å². The molecule has 7 nitrogen and oxygen atoms in total. The first-order valence-corrected chi connectivity index (χ1v) is 10.1.